The largest absolute Gasteiger partial charge is 0.462 e. The summed E-state index contributed by atoms with van der Waals surface area (Å²) in [6.45, 7) is 3.80. The summed E-state index contributed by atoms with van der Waals surface area (Å²) >= 11 is 0. The van der Waals surface area contributed by atoms with Crippen molar-refractivity contribution in [3.63, 3.8) is 0 Å². The van der Waals surface area contributed by atoms with Crippen molar-refractivity contribution in [2.75, 3.05) is 13.2 Å². The van der Waals surface area contributed by atoms with Crippen molar-refractivity contribution in [2.24, 2.45) is 23.2 Å². The summed E-state index contributed by atoms with van der Waals surface area (Å²) in [5.41, 5.74) is -1.81. The molecule has 0 spiro atoms. The average molecular weight is 480 g/mol. The van der Waals surface area contributed by atoms with Crippen LogP contribution in [-0.2, 0) is 28.6 Å². The zero-order valence-corrected chi connectivity index (χ0v) is 19.3. The van der Waals surface area contributed by atoms with E-state index in [0.29, 0.717) is 43.4 Å². The van der Waals surface area contributed by atoms with Crippen LogP contribution in [0, 0.1) is 23.2 Å². The molecule has 4 saturated carbocycles. The Hall–Kier alpha value is -1.87. The minimum Gasteiger partial charge on any atom is -0.462 e. The van der Waals surface area contributed by atoms with Crippen LogP contribution in [0.3, 0.4) is 0 Å². The summed E-state index contributed by atoms with van der Waals surface area (Å²) in [7, 11) is 0. The summed E-state index contributed by atoms with van der Waals surface area (Å²) in [4.78, 5) is 35.7. The van der Waals surface area contributed by atoms with Gasteiger partial charge in [0.25, 0.3) is 0 Å². The third-order valence-electron chi connectivity index (χ3n) is 7.32. The van der Waals surface area contributed by atoms with Crippen LogP contribution in [0.4, 0.5) is 17.6 Å². The Balaban J connectivity index is 1.50. The number of alkyl halides is 4. The molecule has 0 aromatic rings. The minimum absolute atomic E-state index is 0.311. The molecule has 6 nitrogen and oxygen atoms in total. The lowest BCUT2D eigenvalue weighted by atomic mass is 9.54. The molecule has 4 bridgehead atoms. The lowest BCUT2D eigenvalue weighted by Gasteiger charge is -2.55. The highest BCUT2D eigenvalue weighted by atomic mass is 19.3. The van der Waals surface area contributed by atoms with Crippen LogP contribution in [0.15, 0.2) is 0 Å². The first-order valence-corrected chi connectivity index (χ1v) is 11.5. The normalized spacial score (nSPS) is 29.0. The van der Waals surface area contributed by atoms with Gasteiger partial charge in [0.15, 0.2) is 0 Å². The van der Waals surface area contributed by atoms with Crippen molar-refractivity contribution < 1.29 is 46.2 Å². The number of carbonyl (C=O) groups excluding carboxylic acids is 3. The maximum absolute atomic E-state index is 14.4. The number of hydrogen-bond acceptors (Lipinski definition) is 6. The SMILES string of the molecule is CCC(C)(C)C(=O)OCCOC(=O)C(F)(F)CC(F)(F)C(=O)OC12CC3CC(CC(C3)C1)C2. The molecule has 0 saturated heterocycles. The number of halogens is 4. The highest BCUT2D eigenvalue weighted by Gasteiger charge is 2.59. The molecular weight excluding hydrogens is 448 g/mol. The maximum Gasteiger partial charge on any atom is 0.377 e. The van der Waals surface area contributed by atoms with Crippen molar-refractivity contribution in [1.82, 2.24) is 0 Å². The highest BCUT2D eigenvalue weighted by molar-refractivity contribution is 5.82. The topological polar surface area (TPSA) is 78.9 Å². The molecule has 0 unspecified atom stereocenters. The molecule has 0 aliphatic heterocycles. The van der Waals surface area contributed by atoms with E-state index >= 15 is 0 Å². The quantitative estimate of drug-likeness (QED) is 0.196. The Kier molecular flexibility index (Phi) is 7.07. The first-order chi connectivity index (χ1) is 15.2. The van der Waals surface area contributed by atoms with Gasteiger partial charge in [0.2, 0.25) is 0 Å². The molecule has 0 atom stereocenters. The van der Waals surface area contributed by atoms with E-state index in [1.807, 2.05) is 0 Å². The van der Waals surface area contributed by atoms with E-state index in [1.165, 1.54) is 0 Å². The second kappa shape index (κ2) is 9.06. The fourth-order valence-electron chi connectivity index (χ4n) is 5.56. The zero-order valence-electron chi connectivity index (χ0n) is 19.3. The molecule has 0 heterocycles. The summed E-state index contributed by atoms with van der Waals surface area (Å²) in [5, 5.41) is 0. The smallest absolute Gasteiger partial charge is 0.377 e. The molecule has 4 aliphatic rings. The molecule has 188 valence electrons. The fraction of sp³-hybridized carbons (Fsp3) is 0.870. The van der Waals surface area contributed by atoms with Crippen LogP contribution < -0.4 is 0 Å². The number of rotatable bonds is 10. The molecule has 0 aromatic carbocycles. The third-order valence-corrected chi connectivity index (χ3v) is 7.32. The Morgan fingerprint density at radius 2 is 1.21 bits per heavy atom. The predicted molar refractivity (Wildman–Crippen MR) is 107 cm³/mol. The number of hydrogen-bond donors (Lipinski definition) is 0. The Morgan fingerprint density at radius 3 is 1.67 bits per heavy atom. The van der Waals surface area contributed by atoms with E-state index in [4.69, 9.17) is 9.47 Å². The molecule has 0 aromatic heterocycles. The van der Waals surface area contributed by atoms with Crippen LogP contribution in [0.5, 0.6) is 0 Å². The second-order valence-electron chi connectivity index (χ2n) is 10.6. The molecule has 4 rings (SSSR count). The Morgan fingerprint density at radius 1 is 0.788 bits per heavy atom. The summed E-state index contributed by atoms with van der Waals surface area (Å²) in [5.74, 6) is -13.1. The van der Waals surface area contributed by atoms with Crippen LogP contribution >= 0.6 is 0 Å². The van der Waals surface area contributed by atoms with Gasteiger partial charge in [-0.1, -0.05) is 6.92 Å². The van der Waals surface area contributed by atoms with Gasteiger partial charge in [0.1, 0.15) is 18.8 Å². The van der Waals surface area contributed by atoms with Gasteiger partial charge in [-0.15, -0.1) is 0 Å². The molecule has 10 heteroatoms. The van der Waals surface area contributed by atoms with Gasteiger partial charge < -0.3 is 14.2 Å². The molecule has 0 amide bonds. The molecule has 4 aliphatic carbocycles. The number of carbonyl (C=O) groups is 3. The lowest BCUT2D eigenvalue weighted by molar-refractivity contribution is -0.220. The fourth-order valence-corrected chi connectivity index (χ4v) is 5.56. The van der Waals surface area contributed by atoms with Crippen molar-refractivity contribution in [1.29, 1.82) is 0 Å². The van der Waals surface area contributed by atoms with Gasteiger partial charge in [0.05, 0.1) is 11.8 Å². The van der Waals surface area contributed by atoms with Gasteiger partial charge in [-0.2, -0.15) is 17.6 Å². The summed E-state index contributed by atoms with van der Waals surface area (Å²) < 4.78 is 71.4. The monoisotopic (exact) mass is 480 g/mol. The van der Waals surface area contributed by atoms with Crippen LogP contribution in [0.25, 0.3) is 0 Å². The second-order valence-corrected chi connectivity index (χ2v) is 10.6. The summed E-state index contributed by atoms with van der Waals surface area (Å²) in [6, 6.07) is 0. The van der Waals surface area contributed by atoms with E-state index in [0.717, 1.165) is 19.3 Å². The van der Waals surface area contributed by atoms with Gasteiger partial charge in [0, 0.05) is 0 Å². The van der Waals surface area contributed by atoms with Crippen molar-refractivity contribution in [2.45, 2.75) is 89.6 Å². The van der Waals surface area contributed by atoms with Crippen LogP contribution in [0.1, 0.15) is 72.1 Å². The van der Waals surface area contributed by atoms with Crippen molar-refractivity contribution >= 4 is 17.9 Å². The molecular formula is C23H32F4O6. The summed E-state index contributed by atoms with van der Waals surface area (Å²) in [6.07, 6.45) is 2.53. The zero-order chi connectivity index (χ0) is 24.7. The number of ether oxygens (including phenoxy) is 3. The first kappa shape index (κ1) is 25.7. The van der Waals surface area contributed by atoms with Gasteiger partial charge in [-0.3, -0.25) is 4.79 Å². The standard InChI is InChI=1S/C23H32F4O6/c1-4-20(2,3)17(28)31-5-6-32-18(29)22(24,25)13-23(26,27)19(30)33-21-10-14-7-15(11-21)9-16(8-14)12-21/h14-16H,4-13H2,1-3H3. The van der Waals surface area contributed by atoms with Crippen molar-refractivity contribution in [3.05, 3.63) is 0 Å². The average Bonchev–Trinajstić information content (AvgIpc) is 2.68. The lowest BCUT2D eigenvalue weighted by Crippen LogP contribution is -2.55. The van der Waals surface area contributed by atoms with Crippen LogP contribution in [0.2, 0.25) is 0 Å². The van der Waals surface area contributed by atoms with Crippen LogP contribution in [-0.4, -0.2) is 48.6 Å². The van der Waals surface area contributed by atoms with E-state index in [-0.39, 0.29) is 0 Å². The van der Waals surface area contributed by atoms with E-state index < -0.39 is 60.4 Å². The molecule has 0 N–H and O–H groups in total. The molecule has 0 radical (unpaired) electrons. The Labute approximate surface area is 190 Å². The number of esters is 3. The van der Waals surface area contributed by atoms with Crippen molar-refractivity contribution in [3.8, 4) is 0 Å². The maximum atomic E-state index is 14.4. The van der Waals surface area contributed by atoms with Gasteiger partial charge >= 0.3 is 29.8 Å². The van der Waals surface area contributed by atoms with E-state index in [9.17, 15) is 31.9 Å². The molecule has 33 heavy (non-hydrogen) atoms. The molecule has 4 fully saturated rings. The van der Waals surface area contributed by atoms with Gasteiger partial charge in [-0.05, 0) is 76.5 Å². The first-order valence-electron chi connectivity index (χ1n) is 11.5. The predicted octanol–water partition coefficient (Wildman–Crippen LogP) is 4.68. The Bertz CT molecular complexity index is 744. The van der Waals surface area contributed by atoms with Gasteiger partial charge in [-0.25, -0.2) is 9.59 Å². The minimum atomic E-state index is -4.61. The highest BCUT2D eigenvalue weighted by Crippen LogP contribution is 2.57. The van der Waals surface area contributed by atoms with E-state index in [1.54, 1.807) is 20.8 Å². The van der Waals surface area contributed by atoms with E-state index in [2.05, 4.69) is 4.74 Å². The third kappa shape index (κ3) is 5.80.